The van der Waals surface area contributed by atoms with E-state index in [-0.39, 0.29) is 0 Å². The van der Waals surface area contributed by atoms with Gasteiger partial charge in [0, 0.05) is 64.3 Å². The van der Waals surface area contributed by atoms with Gasteiger partial charge in [0.2, 0.25) is 0 Å². The average Bonchev–Trinajstić information content (AvgIpc) is 2.80. The molecule has 0 aliphatic carbocycles. The van der Waals surface area contributed by atoms with Gasteiger partial charge in [0.1, 0.15) is 5.82 Å². The van der Waals surface area contributed by atoms with E-state index < -0.39 is 0 Å². The number of imidazole rings is 1. The maximum Gasteiger partial charge on any atom is 0.109 e. The fourth-order valence-electron chi connectivity index (χ4n) is 2.99. The molecule has 0 saturated carbocycles. The molecule has 2 aliphatic rings. The van der Waals surface area contributed by atoms with Crippen molar-refractivity contribution in [2.24, 2.45) is 5.73 Å². The summed E-state index contributed by atoms with van der Waals surface area (Å²) >= 11 is 0. The van der Waals surface area contributed by atoms with Crippen LogP contribution in [-0.4, -0.2) is 65.2 Å². The molecule has 1 fully saturated rings. The highest BCUT2D eigenvalue weighted by atomic mass is 15.2. The molecule has 106 valence electrons. The number of aromatic nitrogens is 2. The standard InChI is InChI=1S/C14H25N5/c1-17-6-8-18(9-7-17)5-4-13-11-19-10-12(15)2-3-14(19)16-13/h11-12H,2-10,15H2,1H3. The third-order valence-electron chi connectivity index (χ3n) is 4.36. The van der Waals surface area contributed by atoms with Crippen molar-refractivity contribution in [2.75, 3.05) is 39.8 Å². The van der Waals surface area contributed by atoms with Crippen molar-refractivity contribution >= 4 is 0 Å². The van der Waals surface area contributed by atoms with Crippen LogP contribution in [0.4, 0.5) is 0 Å². The molecular formula is C14H25N5. The second-order valence-corrected chi connectivity index (χ2v) is 5.99. The number of hydrogen-bond acceptors (Lipinski definition) is 4. The largest absolute Gasteiger partial charge is 0.333 e. The van der Waals surface area contributed by atoms with Gasteiger partial charge in [0.25, 0.3) is 0 Å². The summed E-state index contributed by atoms with van der Waals surface area (Å²) < 4.78 is 2.26. The van der Waals surface area contributed by atoms with Crippen molar-refractivity contribution in [1.82, 2.24) is 19.4 Å². The van der Waals surface area contributed by atoms with Crippen LogP contribution in [0.5, 0.6) is 0 Å². The van der Waals surface area contributed by atoms with Gasteiger partial charge in [-0.15, -0.1) is 0 Å². The van der Waals surface area contributed by atoms with Crippen LogP contribution in [0.1, 0.15) is 17.9 Å². The van der Waals surface area contributed by atoms with Gasteiger partial charge in [0.05, 0.1) is 5.69 Å². The number of piperazine rings is 1. The number of likely N-dealkylation sites (N-methyl/N-ethyl adjacent to an activating group) is 1. The van der Waals surface area contributed by atoms with Crippen LogP contribution in [0.2, 0.25) is 0 Å². The lowest BCUT2D eigenvalue weighted by atomic mass is 10.1. The highest BCUT2D eigenvalue weighted by molar-refractivity contribution is 5.08. The van der Waals surface area contributed by atoms with Crippen molar-refractivity contribution in [3.63, 3.8) is 0 Å². The Balaban J connectivity index is 1.53. The van der Waals surface area contributed by atoms with E-state index in [4.69, 9.17) is 10.7 Å². The number of fused-ring (bicyclic) bond motifs is 1. The quantitative estimate of drug-likeness (QED) is 0.830. The molecule has 1 aromatic heterocycles. The van der Waals surface area contributed by atoms with E-state index in [0.29, 0.717) is 6.04 Å². The van der Waals surface area contributed by atoms with Crippen molar-refractivity contribution in [2.45, 2.75) is 31.8 Å². The Labute approximate surface area is 115 Å². The zero-order valence-corrected chi connectivity index (χ0v) is 11.9. The topological polar surface area (TPSA) is 50.3 Å². The fraction of sp³-hybridized carbons (Fsp3) is 0.786. The van der Waals surface area contributed by atoms with E-state index in [1.807, 2.05) is 0 Å². The normalized spacial score (nSPS) is 25.5. The Morgan fingerprint density at radius 3 is 2.89 bits per heavy atom. The summed E-state index contributed by atoms with van der Waals surface area (Å²) in [4.78, 5) is 9.70. The van der Waals surface area contributed by atoms with Crippen LogP contribution in [-0.2, 0) is 19.4 Å². The minimum atomic E-state index is 0.312. The Bertz CT molecular complexity index is 419. The number of nitrogens with zero attached hydrogens (tertiary/aromatic N) is 4. The van der Waals surface area contributed by atoms with Crippen LogP contribution in [0.25, 0.3) is 0 Å². The van der Waals surface area contributed by atoms with Gasteiger partial charge in [-0.25, -0.2) is 4.98 Å². The number of hydrogen-bond donors (Lipinski definition) is 1. The third kappa shape index (κ3) is 3.16. The summed E-state index contributed by atoms with van der Waals surface area (Å²) in [6.07, 6.45) is 5.40. The first-order valence-electron chi connectivity index (χ1n) is 7.42. The van der Waals surface area contributed by atoms with E-state index in [0.717, 1.165) is 32.4 Å². The summed E-state index contributed by atoms with van der Waals surface area (Å²) in [5, 5.41) is 0. The van der Waals surface area contributed by atoms with Gasteiger partial charge >= 0.3 is 0 Å². The Hall–Kier alpha value is -0.910. The molecule has 1 unspecified atom stereocenters. The van der Waals surface area contributed by atoms with Crippen LogP contribution < -0.4 is 5.73 Å². The summed E-state index contributed by atoms with van der Waals surface area (Å²) in [7, 11) is 2.20. The number of rotatable bonds is 3. The Kier molecular flexibility index (Phi) is 3.86. The molecule has 3 rings (SSSR count). The smallest absolute Gasteiger partial charge is 0.109 e. The monoisotopic (exact) mass is 263 g/mol. The lowest BCUT2D eigenvalue weighted by Crippen LogP contribution is -2.45. The summed E-state index contributed by atoms with van der Waals surface area (Å²) in [5.41, 5.74) is 7.24. The zero-order valence-electron chi connectivity index (χ0n) is 11.9. The molecule has 0 aromatic carbocycles. The first kappa shape index (κ1) is 13.1. The number of nitrogens with two attached hydrogens (primary N) is 1. The predicted octanol–water partition coefficient (Wildman–Crippen LogP) is -0.0535. The SMILES string of the molecule is CN1CCN(CCc2cn3c(n2)CCC(N)C3)CC1. The van der Waals surface area contributed by atoms with E-state index in [1.54, 1.807) is 0 Å². The molecule has 0 spiro atoms. The predicted molar refractivity (Wildman–Crippen MR) is 76.2 cm³/mol. The highest BCUT2D eigenvalue weighted by Crippen LogP contribution is 2.14. The van der Waals surface area contributed by atoms with E-state index in [2.05, 4.69) is 27.6 Å². The Morgan fingerprint density at radius 1 is 1.32 bits per heavy atom. The fourth-order valence-corrected chi connectivity index (χ4v) is 2.99. The van der Waals surface area contributed by atoms with Gasteiger partial charge in [-0.05, 0) is 13.5 Å². The van der Waals surface area contributed by atoms with Crippen LogP contribution in [0.3, 0.4) is 0 Å². The van der Waals surface area contributed by atoms with Gasteiger partial charge in [-0.1, -0.05) is 0 Å². The number of aryl methyl sites for hydroxylation is 1. The van der Waals surface area contributed by atoms with E-state index >= 15 is 0 Å². The second kappa shape index (κ2) is 5.61. The van der Waals surface area contributed by atoms with Crippen LogP contribution in [0, 0.1) is 0 Å². The van der Waals surface area contributed by atoms with Gasteiger partial charge in [-0.3, -0.25) is 0 Å². The summed E-state index contributed by atoms with van der Waals surface area (Å²) in [6.45, 7) is 6.83. The van der Waals surface area contributed by atoms with E-state index in [1.165, 1.54) is 37.7 Å². The minimum absolute atomic E-state index is 0.312. The van der Waals surface area contributed by atoms with Crippen molar-refractivity contribution in [3.05, 3.63) is 17.7 Å². The van der Waals surface area contributed by atoms with Crippen molar-refractivity contribution < 1.29 is 0 Å². The average molecular weight is 263 g/mol. The maximum absolute atomic E-state index is 6.00. The maximum atomic E-state index is 6.00. The molecule has 1 saturated heterocycles. The first-order valence-corrected chi connectivity index (χ1v) is 7.42. The Morgan fingerprint density at radius 2 is 2.11 bits per heavy atom. The minimum Gasteiger partial charge on any atom is -0.333 e. The van der Waals surface area contributed by atoms with Crippen LogP contribution >= 0.6 is 0 Å². The molecular weight excluding hydrogens is 238 g/mol. The molecule has 2 N–H and O–H groups in total. The molecule has 1 atom stereocenters. The zero-order chi connectivity index (χ0) is 13.2. The molecule has 0 bridgehead atoms. The molecule has 0 radical (unpaired) electrons. The highest BCUT2D eigenvalue weighted by Gasteiger charge is 2.18. The molecule has 2 aliphatic heterocycles. The van der Waals surface area contributed by atoms with E-state index in [9.17, 15) is 0 Å². The molecule has 1 aromatic rings. The van der Waals surface area contributed by atoms with Gasteiger partial charge in [-0.2, -0.15) is 0 Å². The van der Waals surface area contributed by atoms with Crippen molar-refractivity contribution in [1.29, 1.82) is 0 Å². The lowest BCUT2D eigenvalue weighted by Gasteiger charge is -2.32. The lowest BCUT2D eigenvalue weighted by molar-refractivity contribution is 0.155. The first-order chi connectivity index (χ1) is 9.20. The summed E-state index contributed by atoms with van der Waals surface area (Å²) in [5.74, 6) is 1.23. The molecule has 5 heteroatoms. The second-order valence-electron chi connectivity index (χ2n) is 5.99. The summed E-state index contributed by atoms with van der Waals surface area (Å²) in [6, 6.07) is 0.312. The van der Waals surface area contributed by atoms with Gasteiger partial charge in [0.15, 0.2) is 0 Å². The third-order valence-corrected chi connectivity index (χ3v) is 4.36. The molecule has 3 heterocycles. The van der Waals surface area contributed by atoms with Crippen LogP contribution in [0.15, 0.2) is 6.20 Å². The molecule has 5 nitrogen and oxygen atoms in total. The van der Waals surface area contributed by atoms with Gasteiger partial charge < -0.3 is 20.1 Å². The van der Waals surface area contributed by atoms with Crippen molar-refractivity contribution in [3.8, 4) is 0 Å². The molecule has 0 amide bonds. The molecule has 19 heavy (non-hydrogen) atoms.